The summed E-state index contributed by atoms with van der Waals surface area (Å²) in [5, 5.41) is 13.4. The second-order valence-corrected chi connectivity index (χ2v) is 7.55. The van der Waals surface area contributed by atoms with Gasteiger partial charge in [-0.3, -0.25) is 14.3 Å². The van der Waals surface area contributed by atoms with Crippen LogP contribution in [0, 0.1) is 0 Å². The lowest BCUT2D eigenvalue weighted by Gasteiger charge is -2.22. The zero-order valence-electron chi connectivity index (χ0n) is 15.4. The van der Waals surface area contributed by atoms with E-state index in [9.17, 15) is 9.59 Å². The van der Waals surface area contributed by atoms with Crippen LogP contribution in [0.3, 0.4) is 0 Å². The Morgan fingerprint density at radius 3 is 2.93 bits per heavy atom. The molecule has 142 valence electrons. The molecule has 0 fully saturated rings. The number of amides is 1. The number of carbonyl (C=O) groups excluding carboxylic acids is 1. The third-order valence-electron chi connectivity index (χ3n) is 5.69. The van der Waals surface area contributed by atoms with Gasteiger partial charge in [0.05, 0.1) is 24.4 Å². The normalized spacial score (nSPS) is 18.7. The second-order valence-electron chi connectivity index (χ2n) is 7.55. The molecule has 0 radical (unpaired) electrons. The van der Waals surface area contributed by atoms with E-state index in [1.807, 2.05) is 15.6 Å². The number of aromatic nitrogens is 2. The number of benzene rings is 1. The molecule has 1 aliphatic heterocycles. The monoisotopic (exact) mass is 367 g/mol. The van der Waals surface area contributed by atoms with Crippen molar-refractivity contribution in [2.75, 3.05) is 6.54 Å². The highest BCUT2D eigenvalue weighted by molar-refractivity contribution is 5.77. The Morgan fingerprint density at radius 1 is 1.22 bits per heavy atom. The van der Waals surface area contributed by atoms with E-state index in [1.54, 1.807) is 0 Å². The Labute approximate surface area is 158 Å². The van der Waals surface area contributed by atoms with Crippen LogP contribution in [0.1, 0.15) is 54.1 Å². The molecule has 1 N–H and O–H groups in total. The van der Waals surface area contributed by atoms with E-state index in [0.29, 0.717) is 25.3 Å². The zero-order chi connectivity index (χ0) is 18.8. The molecule has 1 atom stereocenters. The molecule has 0 spiro atoms. The number of carboxylic acids is 1. The summed E-state index contributed by atoms with van der Waals surface area (Å²) >= 11 is 0. The molecule has 6 heteroatoms. The van der Waals surface area contributed by atoms with Gasteiger partial charge in [0, 0.05) is 25.9 Å². The van der Waals surface area contributed by atoms with Crippen molar-refractivity contribution < 1.29 is 14.7 Å². The summed E-state index contributed by atoms with van der Waals surface area (Å²) in [5.41, 5.74) is 4.52. The number of fused-ring (bicyclic) bond motifs is 2. The topological polar surface area (TPSA) is 75.4 Å². The van der Waals surface area contributed by atoms with Crippen molar-refractivity contribution in [1.29, 1.82) is 0 Å². The first-order valence-electron chi connectivity index (χ1n) is 9.73. The average Bonchev–Trinajstić information content (AvgIpc) is 3.18. The summed E-state index contributed by atoms with van der Waals surface area (Å²) < 4.78 is 1.94. The van der Waals surface area contributed by atoms with Crippen LogP contribution in [-0.2, 0) is 35.5 Å². The van der Waals surface area contributed by atoms with Crippen LogP contribution in [0.15, 0.2) is 30.3 Å². The number of hydrogen-bond donors (Lipinski definition) is 1. The molecule has 2 heterocycles. The standard InChI is InChI=1S/C21H25N3O3/c25-20(12-16-7-6-15-4-1-2-5-19(15)16)23-10-3-11-24-18(14-23)13-17(22-24)8-9-21(26)27/h1-2,4-5,13,16H,3,6-12,14H2,(H,26,27). The molecule has 2 aliphatic rings. The quantitative estimate of drug-likeness (QED) is 0.882. The molecule has 1 aromatic carbocycles. The van der Waals surface area contributed by atoms with Gasteiger partial charge in [0.25, 0.3) is 0 Å². The second kappa shape index (κ2) is 7.55. The molecular formula is C21H25N3O3. The zero-order valence-corrected chi connectivity index (χ0v) is 15.4. The predicted molar refractivity (Wildman–Crippen MR) is 100 cm³/mol. The first-order chi connectivity index (χ1) is 13.1. The predicted octanol–water partition coefficient (Wildman–Crippen LogP) is 2.75. The minimum atomic E-state index is -0.813. The molecule has 6 nitrogen and oxygen atoms in total. The summed E-state index contributed by atoms with van der Waals surface area (Å²) in [7, 11) is 0. The van der Waals surface area contributed by atoms with Crippen molar-refractivity contribution in [3.05, 3.63) is 52.8 Å². The van der Waals surface area contributed by atoms with E-state index >= 15 is 0 Å². The SMILES string of the molecule is O=C(O)CCc1cc2n(n1)CCCN(C(=O)CC1CCc3ccccc31)C2. The maximum absolute atomic E-state index is 13.0. The molecule has 0 saturated heterocycles. The molecule has 1 amide bonds. The number of carboxylic acid groups (broad SMARTS) is 1. The van der Waals surface area contributed by atoms with Crippen molar-refractivity contribution in [1.82, 2.24) is 14.7 Å². The summed E-state index contributed by atoms with van der Waals surface area (Å²) in [6, 6.07) is 10.4. The largest absolute Gasteiger partial charge is 0.481 e. The van der Waals surface area contributed by atoms with Gasteiger partial charge in [-0.1, -0.05) is 24.3 Å². The van der Waals surface area contributed by atoms with E-state index in [1.165, 1.54) is 11.1 Å². The number of rotatable bonds is 5. The maximum atomic E-state index is 13.0. The number of aryl methyl sites for hydroxylation is 3. The van der Waals surface area contributed by atoms with E-state index in [2.05, 4.69) is 29.4 Å². The molecule has 0 bridgehead atoms. The van der Waals surface area contributed by atoms with Crippen molar-refractivity contribution in [3.63, 3.8) is 0 Å². The minimum absolute atomic E-state index is 0.0835. The first-order valence-corrected chi connectivity index (χ1v) is 9.73. The van der Waals surface area contributed by atoms with Crippen LogP contribution in [0.25, 0.3) is 0 Å². The van der Waals surface area contributed by atoms with Crippen LogP contribution in [-0.4, -0.2) is 38.2 Å². The molecule has 1 aromatic heterocycles. The highest BCUT2D eigenvalue weighted by Crippen LogP contribution is 2.35. The highest BCUT2D eigenvalue weighted by atomic mass is 16.4. The van der Waals surface area contributed by atoms with Gasteiger partial charge in [0.1, 0.15) is 0 Å². The summed E-state index contributed by atoms with van der Waals surface area (Å²) in [4.78, 5) is 25.7. The van der Waals surface area contributed by atoms with Gasteiger partial charge in [0.2, 0.25) is 5.91 Å². The first kappa shape index (κ1) is 17.8. The van der Waals surface area contributed by atoms with E-state index < -0.39 is 5.97 Å². The molecule has 2 aromatic rings. The van der Waals surface area contributed by atoms with Crippen molar-refractivity contribution in [2.45, 2.75) is 57.5 Å². The Kier molecular flexibility index (Phi) is 4.97. The fourth-order valence-electron chi connectivity index (χ4n) is 4.29. The summed E-state index contributed by atoms with van der Waals surface area (Å²) in [5.74, 6) is -0.279. The third-order valence-corrected chi connectivity index (χ3v) is 5.69. The third kappa shape index (κ3) is 3.89. The Hall–Kier alpha value is -2.63. The number of aliphatic carboxylic acids is 1. The van der Waals surface area contributed by atoms with Gasteiger partial charge in [-0.2, -0.15) is 5.10 Å². The van der Waals surface area contributed by atoms with Gasteiger partial charge >= 0.3 is 5.97 Å². The molecule has 27 heavy (non-hydrogen) atoms. The summed E-state index contributed by atoms with van der Waals surface area (Å²) in [6.45, 7) is 2.09. The molecule has 1 aliphatic carbocycles. The van der Waals surface area contributed by atoms with Gasteiger partial charge in [-0.25, -0.2) is 0 Å². The molecule has 1 unspecified atom stereocenters. The number of nitrogens with zero attached hydrogens (tertiary/aromatic N) is 3. The lowest BCUT2D eigenvalue weighted by Crippen LogP contribution is -2.31. The maximum Gasteiger partial charge on any atom is 0.303 e. The van der Waals surface area contributed by atoms with E-state index in [4.69, 9.17) is 5.11 Å². The minimum Gasteiger partial charge on any atom is -0.481 e. The lowest BCUT2D eigenvalue weighted by atomic mass is 9.97. The van der Waals surface area contributed by atoms with Crippen LogP contribution >= 0.6 is 0 Å². The van der Waals surface area contributed by atoms with Crippen molar-refractivity contribution in [3.8, 4) is 0 Å². The fraction of sp³-hybridized carbons (Fsp3) is 0.476. The Balaban J connectivity index is 1.42. The van der Waals surface area contributed by atoms with E-state index in [0.717, 1.165) is 43.7 Å². The Bertz CT molecular complexity index is 858. The van der Waals surface area contributed by atoms with Gasteiger partial charge < -0.3 is 10.0 Å². The van der Waals surface area contributed by atoms with Crippen molar-refractivity contribution >= 4 is 11.9 Å². The fourth-order valence-corrected chi connectivity index (χ4v) is 4.29. The van der Waals surface area contributed by atoms with Crippen LogP contribution in [0.5, 0.6) is 0 Å². The Morgan fingerprint density at radius 2 is 2.07 bits per heavy atom. The van der Waals surface area contributed by atoms with Gasteiger partial charge in [-0.05, 0) is 42.4 Å². The van der Waals surface area contributed by atoms with Crippen LogP contribution in [0.4, 0.5) is 0 Å². The smallest absolute Gasteiger partial charge is 0.303 e. The summed E-state index contributed by atoms with van der Waals surface area (Å²) in [6.07, 6.45) is 4.07. The number of carbonyl (C=O) groups is 2. The lowest BCUT2D eigenvalue weighted by molar-refractivity contribution is -0.137. The van der Waals surface area contributed by atoms with Gasteiger partial charge in [0.15, 0.2) is 0 Å². The molecular weight excluding hydrogens is 342 g/mol. The van der Waals surface area contributed by atoms with Crippen LogP contribution < -0.4 is 0 Å². The molecule has 0 saturated carbocycles. The van der Waals surface area contributed by atoms with Crippen molar-refractivity contribution in [2.24, 2.45) is 0 Å². The number of hydrogen-bond acceptors (Lipinski definition) is 3. The van der Waals surface area contributed by atoms with Gasteiger partial charge in [-0.15, -0.1) is 0 Å². The van der Waals surface area contributed by atoms with E-state index in [-0.39, 0.29) is 12.3 Å². The molecule has 4 rings (SSSR count). The highest BCUT2D eigenvalue weighted by Gasteiger charge is 2.27. The average molecular weight is 367 g/mol. The van der Waals surface area contributed by atoms with Crippen LogP contribution in [0.2, 0.25) is 0 Å².